The highest BCUT2D eigenvalue weighted by molar-refractivity contribution is 8.13. The van der Waals surface area contributed by atoms with Gasteiger partial charge in [0.2, 0.25) is 5.95 Å². The van der Waals surface area contributed by atoms with Crippen molar-refractivity contribution in [3.05, 3.63) is 34.8 Å². The third kappa shape index (κ3) is 4.97. The second kappa shape index (κ2) is 8.12. The first-order chi connectivity index (χ1) is 12.5. The highest BCUT2D eigenvalue weighted by Gasteiger charge is 2.52. The molecule has 1 aliphatic heterocycles. The summed E-state index contributed by atoms with van der Waals surface area (Å²) < 4.78 is 30.4. The van der Waals surface area contributed by atoms with E-state index < -0.39 is 30.2 Å². The minimum absolute atomic E-state index is 0.0510. The van der Waals surface area contributed by atoms with Crippen molar-refractivity contribution >= 4 is 36.0 Å². The Labute approximate surface area is 163 Å². The number of nitrogens with zero attached hydrogens (tertiary/aromatic N) is 1. The van der Waals surface area contributed by atoms with Crippen LogP contribution in [0.1, 0.15) is 50.5 Å². The number of carbonyl (C=O) groups excluding carboxylic acids is 2. The van der Waals surface area contributed by atoms with Gasteiger partial charge in [-0.3, -0.25) is 4.79 Å². The van der Waals surface area contributed by atoms with E-state index in [0.717, 1.165) is 11.8 Å². The topological polar surface area (TPSA) is 74.7 Å². The zero-order chi connectivity index (χ0) is 20.4. The summed E-state index contributed by atoms with van der Waals surface area (Å²) in [6.07, 6.45) is 2.99. The minimum Gasteiger partial charge on any atom is -0.465 e. The van der Waals surface area contributed by atoms with Crippen LogP contribution in [0.15, 0.2) is 17.7 Å². The summed E-state index contributed by atoms with van der Waals surface area (Å²) in [5.41, 5.74) is -0.200. The fraction of sp³-hybridized carbons (Fsp3) is 0.500. The zero-order valence-corrected chi connectivity index (χ0v) is 17.1. The Bertz CT molecular complexity index is 765. The summed E-state index contributed by atoms with van der Waals surface area (Å²) in [7, 11) is 0.498. The number of methoxy groups -OCH3 is 1. The number of rotatable bonds is 5. The predicted octanol–water partition coefficient (Wildman–Crippen LogP) is 3.30. The second-order valence-electron chi connectivity index (χ2n) is 7.19. The maximum absolute atomic E-state index is 13.8. The molecule has 6 nitrogen and oxygen atoms in total. The van der Waals surface area contributed by atoms with Gasteiger partial charge in [-0.1, -0.05) is 17.8 Å². The van der Waals surface area contributed by atoms with Gasteiger partial charge in [-0.15, -0.1) is 0 Å². The SMILES string of the molecule is COC(=O)c1cc(C=C(CSC(C)=O)B2OC(C)(C)C(C)(C)O2)cnc1F. The molecule has 0 atom stereocenters. The fourth-order valence-electron chi connectivity index (χ4n) is 2.37. The van der Waals surface area contributed by atoms with E-state index >= 15 is 0 Å². The normalized spacial score (nSPS) is 18.5. The summed E-state index contributed by atoms with van der Waals surface area (Å²) in [6.45, 7) is 9.19. The standard InChI is InChI=1S/C18H23BFNO5S/c1-11(22)27-10-13(19-25-17(2,3)18(4,5)26-19)7-12-8-14(16(23)24-6)15(20)21-9-12/h7-9H,10H2,1-6H3. The van der Waals surface area contributed by atoms with E-state index in [-0.39, 0.29) is 10.7 Å². The van der Waals surface area contributed by atoms with Crippen molar-refractivity contribution in [2.45, 2.75) is 45.8 Å². The molecule has 0 unspecified atom stereocenters. The molecule has 0 saturated carbocycles. The van der Waals surface area contributed by atoms with Crippen molar-refractivity contribution in [1.82, 2.24) is 4.98 Å². The molecule has 1 aromatic rings. The average molecular weight is 395 g/mol. The molecule has 27 heavy (non-hydrogen) atoms. The molecule has 9 heteroatoms. The summed E-state index contributed by atoms with van der Waals surface area (Å²) in [5.74, 6) is -1.39. The lowest BCUT2D eigenvalue weighted by molar-refractivity contribution is -0.109. The molecule has 1 aromatic heterocycles. The molecule has 0 bridgehead atoms. The first-order valence-electron chi connectivity index (χ1n) is 8.40. The lowest BCUT2D eigenvalue weighted by atomic mass is 9.78. The molecule has 0 N–H and O–H groups in total. The van der Waals surface area contributed by atoms with Crippen LogP contribution in [0.5, 0.6) is 0 Å². The number of aromatic nitrogens is 1. The van der Waals surface area contributed by atoms with Crippen LogP contribution in [0, 0.1) is 5.95 Å². The maximum atomic E-state index is 13.8. The van der Waals surface area contributed by atoms with Crippen molar-refractivity contribution in [1.29, 1.82) is 0 Å². The van der Waals surface area contributed by atoms with Crippen LogP contribution in [0.4, 0.5) is 4.39 Å². The summed E-state index contributed by atoms with van der Waals surface area (Å²) in [6, 6.07) is 1.35. The van der Waals surface area contributed by atoms with Crippen LogP contribution in [0.25, 0.3) is 6.08 Å². The monoisotopic (exact) mass is 395 g/mol. The van der Waals surface area contributed by atoms with Gasteiger partial charge in [0.05, 0.1) is 18.3 Å². The predicted molar refractivity (Wildman–Crippen MR) is 103 cm³/mol. The molecule has 0 radical (unpaired) electrons. The van der Waals surface area contributed by atoms with Gasteiger partial charge in [-0.05, 0) is 44.8 Å². The number of pyridine rings is 1. The van der Waals surface area contributed by atoms with Crippen molar-refractivity contribution < 1.29 is 28.0 Å². The minimum atomic E-state index is -0.908. The third-order valence-corrected chi connectivity index (χ3v) is 5.50. The number of hydrogen-bond donors (Lipinski definition) is 0. The van der Waals surface area contributed by atoms with Gasteiger partial charge < -0.3 is 14.0 Å². The first kappa shape index (κ1) is 21.6. The van der Waals surface area contributed by atoms with Crippen molar-refractivity contribution in [3.8, 4) is 0 Å². The van der Waals surface area contributed by atoms with Crippen LogP contribution in [-0.4, -0.2) is 47.3 Å². The van der Waals surface area contributed by atoms with Gasteiger partial charge in [-0.2, -0.15) is 4.39 Å². The van der Waals surface area contributed by atoms with E-state index in [4.69, 9.17) is 9.31 Å². The number of carbonyl (C=O) groups is 2. The highest BCUT2D eigenvalue weighted by Crippen LogP contribution is 2.39. The van der Waals surface area contributed by atoms with Crippen molar-refractivity contribution in [2.24, 2.45) is 0 Å². The lowest BCUT2D eigenvalue weighted by Crippen LogP contribution is -2.41. The van der Waals surface area contributed by atoms with Gasteiger partial charge in [0, 0.05) is 18.9 Å². The third-order valence-electron chi connectivity index (χ3n) is 4.62. The van der Waals surface area contributed by atoms with Crippen LogP contribution in [0.3, 0.4) is 0 Å². The van der Waals surface area contributed by atoms with Crippen LogP contribution in [0.2, 0.25) is 0 Å². The highest BCUT2D eigenvalue weighted by atomic mass is 32.2. The van der Waals surface area contributed by atoms with Gasteiger partial charge >= 0.3 is 13.1 Å². The Morgan fingerprint density at radius 3 is 2.41 bits per heavy atom. The van der Waals surface area contributed by atoms with E-state index in [2.05, 4.69) is 9.72 Å². The number of hydrogen-bond acceptors (Lipinski definition) is 7. The largest absolute Gasteiger partial charge is 0.491 e. The maximum Gasteiger partial charge on any atom is 0.491 e. The van der Waals surface area contributed by atoms with Gasteiger partial charge in [0.1, 0.15) is 5.56 Å². The summed E-state index contributed by atoms with van der Waals surface area (Å²) in [5, 5.41) is -0.0510. The Morgan fingerprint density at radius 1 is 1.30 bits per heavy atom. The molecule has 0 aromatic carbocycles. The lowest BCUT2D eigenvalue weighted by Gasteiger charge is -2.32. The van der Waals surface area contributed by atoms with E-state index in [9.17, 15) is 14.0 Å². The molecule has 1 aliphatic rings. The second-order valence-corrected chi connectivity index (χ2v) is 8.34. The van der Waals surface area contributed by atoms with Crippen molar-refractivity contribution in [2.75, 3.05) is 12.9 Å². The van der Waals surface area contributed by atoms with E-state index in [1.165, 1.54) is 26.3 Å². The van der Waals surface area contributed by atoms with Gasteiger partial charge in [0.15, 0.2) is 5.12 Å². The number of ether oxygens (including phenoxy) is 1. The number of halogens is 1. The van der Waals surface area contributed by atoms with Gasteiger partial charge in [-0.25, -0.2) is 9.78 Å². The summed E-state index contributed by atoms with van der Waals surface area (Å²) in [4.78, 5) is 26.7. The first-order valence-corrected chi connectivity index (χ1v) is 9.39. The Kier molecular flexibility index (Phi) is 6.49. The molecule has 0 amide bonds. The Hall–Kier alpha value is -1.71. The number of thioether (sulfide) groups is 1. The van der Waals surface area contributed by atoms with E-state index in [0.29, 0.717) is 16.8 Å². The van der Waals surface area contributed by atoms with Crippen LogP contribution >= 0.6 is 11.8 Å². The van der Waals surface area contributed by atoms with Crippen LogP contribution in [-0.2, 0) is 18.8 Å². The molecular weight excluding hydrogens is 372 g/mol. The Morgan fingerprint density at radius 2 is 1.89 bits per heavy atom. The zero-order valence-electron chi connectivity index (χ0n) is 16.3. The molecule has 0 aliphatic carbocycles. The van der Waals surface area contributed by atoms with Crippen molar-refractivity contribution in [3.63, 3.8) is 0 Å². The molecule has 1 fully saturated rings. The van der Waals surface area contributed by atoms with E-state index in [1.54, 1.807) is 6.08 Å². The molecule has 146 valence electrons. The number of esters is 1. The molecular formula is C18H23BFNO5S. The van der Waals surface area contributed by atoms with E-state index in [1.807, 2.05) is 27.7 Å². The fourth-order valence-corrected chi connectivity index (χ4v) is 2.96. The molecule has 0 spiro atoms. The van der Waals surface area contributed by atoms with Gasteiger partial charge in [0.25, 0.3) is 0 Å². The summed E-state index contributed by atoms with van der Waals surface area (Å²) >= 11 is 1.11. The smallest absolute Gasteiger partial charge is 0.465 e. The quantitative estimate of drug-likeness (QED) is 0.430. The molecule has 2 rings (SSSR count). The Balaban J connectivity index is 2.40. The average Bonchev–Trinajstić information content (AvgIpc) is 2.79. The molecule has 1 saturated heterocycles. The van der Waals surface area contributed by atoms with Crippen LogP contribution < -0.4 is 0 Å². The molecule has 2 heterocycles.